The summed E-state index contributed by atoms with van der Waals surface area (Å²) >= 11 is 0. The summed E-state index contributed by atoms with van der Waals surface area (Å²) in [5, 5.41) is 22.6. The van der Waals surface area contributed by atoms with Crippen LogP contribution in [-0.4, -0.2) is 22.2 Å². The monoisotopic (exact) mass is 427 g/mol. The molecule has 2 aromatic carbocycles. The van der Waals surface area contributed by atoms with Crippen molar-refractivity contribution in [2.45, 2.75) is 84.7 Å². The highest BCUT2D eigenvalue weighted by molar-refractivity contribution is 5.97. The number of nitrogens with one attached hydrogen (secondary N) is 1. The number of ether oxygens (including phenoxy) is 1. The fraction of sp³-hybridized carbons (Fsp3) is 0.500. The summed E-state index contributed by atoms with van der Waals surface area (Å²) in [4.78, 5) is 12.9. The number of carbonyl (C=O) groups excluding carboxylic acids is 1. The van der Waals surface area contributed by atoms with Crippen LogP contribution < -0.4 is 10.1 Å². The smallest absolute Gasteiger partial charge is 0.265 e. The van der Waals surface area contributed by atoms with Gasteiger partial charge in [0.15, 0.2) is 6.10 Å². The standard InChI is InChI=1S/C26H37NO4/c1-8-21(24(30)27-23-19(28)12-11-13-20(23)29)31-22-15-14-17(25(4,5)9-2)16-18(22)26(6,7)10-3/h11-16,21,28-29H,8-10H2,1-7H3,(H,27,30). The second kappa shape index (κ2) is 9.63. The molecule has 170 valence electrons. The predicted octanol–water partition coefficient (Wildman–Crippen LogP) is 6.27. The van der Waals surface area contributed by atoms with E-state index in [4.69, 9.17) is 4.74 Å². The number of para-hydroxylation sites is 1. The average Bonchev–Trinajstić information content (AvgIpc) is 2.74. The summed E-state index contributed by atoms with van der Waals surface area (Å²) in [6.07, 6.45) is 1.61. The van der Waals surface area contributed by atoms with Gasteiger partial charge in [-0.15, -0.1) is 0 Å². The fourth-order valence-electron chi connectivity index (χ4n) is 3.31. The fourth-order valence-corrected chi connectivity index (χ4v) is 3.31. The van der Waals surface area contributed by atoms with Crippen LogP contribution in [0, 0.1) is 0 Å². The lowest BCUT2D eigenvalue weighted by Crippen LogP contribution is -2.33. The van der Waals surface area contributed by atoms with Crippen LogP contribution in [0.15, 0.2) is 36.4 Å². The molecule has 2 aromatic rings. The Morgan fingerprint density at radius 2 is 1.55 bits per heavy atom. The van der Waals surface area contributed by atoms with E-state index in [1.165, 1.54) is 23.8 Å². The molecule has 0 saturated carbocycles. The highest BCUT2D eigenvalue weighted by Gasteiger charge is 2.29. The topological polar surface area (TPSA) is 78.8 Å². The van der Waals surface area contributed by atoms with Crippen molar-refractivity contribution in [2.75, 3.05) is 5.32 Å². The molecule has 5 nitrogen and oxygen atoms in total. The number of benzene rings is 2. The van der Waals surface area contributed by atoms with E-state index >= 15 is 0 Å². The minimum Gasteiger partial charge on any atom is -0.506 e. The van der Waals surface area contributed by atoms with Gasteiger partial charge in [-0.1, -0.05) is 66.7 Å². The number of aromatic hydroxyl groups is 2. The largest absolute Gasteiger partial charge is 0.506 e. The first-order valence-electron chi connectivity index (χ1n) is 11.1. The van der Waals surface area contributed by atoms with Gasteiger partial charge >= 0.3 is 0 Å². The zero-order valence-electron chi connectivity index (χ0n) is 19.9. The number of rotatable bonds is 9. The van der Waals surface area contributed by atoms with Gasteiger partial charge in [0.25, 0.3) is 5.91 Å². The molecule has 5 heteroatoms. The van der Waals surface area contributed by atoms with E-state index in [-0.39, 0.29) is 28.0 Å². The van der Waals surface area contributed by atoms with Crippen LogP contribution in [0.1, 0.15) is 78.9 Å². The number of carbonyl (C=O) groups is 1. The van der Waals surface area contributed by atoms with Crippen LogP contribution in [0.25, 0.3) is 0 Å². The van der Waals surface area contributed by atoms with Gasteiger partial charge in [0, 0.05) is 5.56 Å². The molecule has 3 N–H and O–H groups in total. The van der Waals surface area contributed by atoms with Crippen LogP contribution in [0.2, 0.25) is 0 Å². The van der Waals surface area contributed by atoms with Gasteiger partial charge in [-0.3, -0.25) is 4.79 Å². The van der Waals surface area contributed by atoms with E-state index in [1.54, 1.807) is 0 Å². The second-order valence-electron chi connectivity index (χ2n) is 9.36. The Hall–Kier alpha value is -2.69. The second-order valence-corrected chi connectivity index (χ2v) is 9.36. The van der Waals surface area contributed by atoms with E-state index in [0.717, 1.165) is 18.4 Å². The molecule has 0 spiro atoms. The van der Waals surface area contributed by atoms with Gasteiger partial charge in [-0.25, -0.2) is 0 Å². The number of amides is 1. The molecule has 0 aromatic heterocycles. The van der Waals surface area contributed by atoms with E-state index < -0.39 is 12.0 Å². The minimum atomic E-state index is -0.768. The summed E-state index contributed by atoms with van der Waals surface area (Å²) < 4.78 is 6.22. The minimum absolute atomic E-state index is 0.0105. The molecule has 1 unspecified atom stereocenters. The summed E-state index contributed by atoms with van der Waals surface area (Å²) in [5.41, 5.74) is 2.23. The molecule has 1 atom stereocenters. The van der Waals surface area contributed by atoms with Crippen LogP contribution >= 0.6 is 0 Å². The van der Waals surface area contributed by atoms with Crippen LogP contribution in [-0.2, 0) is 15.6 Å². The third-order valence-electron chi connectivity index (χ3n) is 6.46. The number of anilines is 1. The van der Waals surface area contributed by atoms with E-state index in [1.807, 2.05) is 13.0 Å². The highest BCUT2D eigenvalue weighted by atomic mass is 16.5. The van der Waals surface area contributed by atoms with Gasteiger partial charge < -0.3 is 20.3 Å². The molecule has 0 aliphatic carbocycles. The molecule has 1 amide bonds. The molecular weight excluding hydrogens is 390 g/mol. The first kappa shape index (κ1) is 24.6. The Balaban J connectivity index is 2.39. The van der Waals surface area contributed by atoms with Crippen molar-refractivity contribution in [3.63, 3.8) is 0 Å². The van der Waals surface area contributed by atoms with Crippen molar-refractivity contribution in [2.24, 2.45) is 0 Å². The Morgan fingerprint density at radius 1 is 0.968 bits per heavy atom. The van der Waals surface area contributed by atoms with Crippen LogP contribution in [0.5, 0.6) is 17.2 Å². The van der Waals surface area contributed by atoms with E-state index in [2.05, 4.69) is 59.0 Å². The Bertz CT molecular complexity index is 897. The van der Waals surface area contributed by atoms with Gasteiger partial charge in [-0.05, 0) is 53.9 Å². The molecule has 0 bridgehead atoms. The molecule has 0 heterocycles. The lowest BCUT2D eigenvalue weighted by Gasteiger charge is -2.31. The lowest BCUT2D eigenvalue weighted by molar-refractivity contribution is -0.122. The molecule has 0 radical (unpaired) electrons. The number of hydrogen-bond acceptors (Lipinski definition) is 4. The van der Waals surface area contributed by atoms with Crippen LogP contribution in [0.3, 0.4) is 0 Å². The van der Waals surface area contributed by atoms with Gasteiger partial charge in [-0.2, -0.15) is 0 Å². The molecule has 31 heavy (non-hydrogen) atoms. The molecule has 0 aliphatic heterocycles. The maximum absolute atomic E-state index is 12.9. The van der Waals surface area contributed by atoms with Gasteiger partial charge in [0.2, 0.25) is 0 Å². The van der Waals surface area contributed by atoms with Crippen molar-refractivity contribution in [3.8, 4) is 17.2 Å². The maximum atomic E-state index is 12.9. The summed E-state index contributed by atoms with van der Waals surface area (Å²) in [6, 6.07) is 10.6. The average molecular weight is 428 g/mol. The van der Waals surface area contributed by atoms with E-state index in [9.17, 15) is 15.0 Å². The molecule has 0 aliphatic rings. The maximum Gasteiger partial charge on any atom is 0.265 e. The van der Waals surface area contributed by atoms with Gasteiger partial charge in [0.05, 0.1) is 0 Å². The van der Waals surface area contributed by atoms with Crippen LogP contribution in [0.4, 0.5) is 5.69 Å². The zero-order chi connectivity index (χ0) is 23.4. The molecule has 2 rings (SSSR count). The Labute approximate surface area is 186 Å². The summed E-state index contributed by atoms with van der Waals surface area (Å²) in [6.45, 7) is 15.0. The van der Waals surface area contributed by atoms with Crippen molar-refractivity contribution in [1.82, 2.24) is 0 Å². The predicted molar refractivity (Wildman–Crippen MR) is 126 cm³/mol. The highest BCUT2D eigenvalue weighted by Crippen LogP contribution is 2.39. The quantitative estimate of drug-likeness (QED) is 0.412. The SMILES string of the molecule is CCC(Oc1ccc(C(C)(C)CC)cc1C(C)(C)CC)C(=O)Nc1c(O)cccc1O. The van der Waals surface area contributed by atoms with Crippen molar-refractivity contribution < 1.29 is 19.7 Å². The summed E-state index contributed by atoms with van der Waals surface area (Å²) in [5.74, 6) is -0.118. The third-order valence-corrected chi connectivity index (χ3v) is 6.46. The van der Waals surface area contributed by atoms with Crippen molar-refractivity contribution in [3.05, 3.63) is 47.5 Å². The number of phenolic OH excluding ortho intramolecular Hbond substituents is 2. The normalized spacial score (nSPS) is 13.0. The van der Waals surface area contributed by atoms with Gasteiger partial charge in [0.1, 0.15) is 22.9 Å². The van der Waals surface area contributed by atoms with Crippen molar-refractivity contribution in [1.29, 1.82) is 0 Å². The number of phenols is 2. The lowest BCUT2D eigenvalue weighted by atomic mass is 9.76. The zero-order valence-corrected chi connectivity index (χ0v) is 19.9. The third kappa shape index (κ3) is 5.52. The Kier molecular flexibility index (Phi) is 7.63. The molecular formula is C26H37NO4. The Morgan fingerprint density at radius 3 is 2.06 bits per heavy atom. The first-order valence-corrected chi connectivity index (χ1v) is 11.1. The summed E-state index contributed by atoms with van der Waals surface area (Å²) in [7, 11) is 0. The molecule has 0 fully saturated rings. The van der Waals surface area contributed by atoms with Crippen molar-refractivity contribution >= 4 is 11.6 Å². The van der Waals surface area contributed by atoms with E-state index in [0.29, 0.717) is 12.2 Å². The number of hydrogen-bond donors (Lipinski definition) is 3. The molecule has 0 saturated heterocycles. The first-order chi connectivity index (χ1) is 14.5.